The van der Waals surface area contributed by atoms with Crippen LogP contribution in [0.4, 0.5) is 0 Å². The van der Waals surface area contributed by atoms with E-state index < -0.39 is 0 Å². The first-order valence-electron chi connectivity index (χ1n) is 5.76. The first kappa shape index (κ1) is 9.78. The Balaban J connectivity index is 1.88. The quantitative estimate of drug-likeness (QED) is 0.774. The fourth-order valence-corrected chi connectivity index (χ4v) is 2.22. The molecule has 2 nitrogen and oxygen atoms in total. The number of aromatic nitrogens is 1. The van der Waals surface area contributed by atoms with E-state index in [0.29, 0.717) is 0 Å². The van der Waals surface area contributed by atoms with Crippen molar-refractivity contribution >= 4 is 0 Å². The van der Waals surface area contributed by atoms with Gasteiger partial charge in [-0.25, -0.2) is 0 Å². The summed E-state index contributed by atoms with van der Waals surface area (Å²) in [5, 5.41) is 3.54. The highest BCUT2D eigenvalue weighted by atomic mass is 14.9. The summed E-state index contributed by atoms with van der Waals surface area (Å²) in [4.78, 5) is 0. The molecule has 0 aliphatic carbocycles. The van der Waals surface area contributed by atoms with Crippen molar-refractivity contribution in [1.82, 2.24) is 9.88 Å². The molecule has 2 heterocycles. The number of nitrogens with one attached hydrogen (secondary N) is 1. The van der Waals surface area contributed by atoms with Gasteiger partial charge < -0.3 is 9.88 Å². The second kappa shape index (κ2) is 4.65. The van der Waals surface area contributed by atoms with Crippen LogP contribution in [0.2, 0.25) is 0 Å². The molecule has 0 bridgehead atoms. The third kappa shape index (κ3) is 2.38. The summed E-state index contributed by atoms with van der Waals surface area (Å²) in [6.07, 6.45) is 9.61. The van der Waals surface area contributed by atoms with Crippen molar-refractivity contribution in [3.63, 3.8) is 0 Å². The van der Waals surface area contributed by atoms with E-state index in [1.165, 1.54) is 37.8 Å². The van der Waals surface area contributed by atoms with Crippen molar-refractivity contribution < 1.29 is 0 Å². The predicted molar refractivity (Wildman–Crippen MR) is 59.5 cm³/mol. The van der Waals surface area contributed by atoms with Crippen LogP contribution in [0.15, 0.2) is 18.5 Å². The molecule has 1 aromatic rings. The van der Waals surface area contributed by atoms with Crippen LogP contribution in [0.1, 0.15) is 31.7 Å². The SMILES string of the molecule is CCCn1ccc(CC2CCCN2)c1. The monoisotopic (exact) mass is 192 g/mol. The van der Waals surface area contributed by atoms with E-state index in [4.69, 9.17) is 0 Å². The third-order valence-electron chi connectivity index (χ3n) is 2.94. The first-order valence-corrected chi connectivity index (χ1v) is 5.76. The van der Waals surface area contributed by atoms with Crippen LogP contribution in [0.5, 0.6) is 0 Å². The maximum Gasteiger partial charge on any atom is 0.0217 e. The lowest BCUT2D eigenvalue weighted by Crippen LogP contribution is -2.23. The van der Waals surface area contributed by atoms with Crippen LogP contribution in [-0.4, -0.2) is 17.2 Å². The number of aryl methyl sites for hydroxylation is 1. The van der Waals surface area contributed by atoms with E-state index in [9.17, 15) is 0 Å². The topological polar surface area (TPSA) is 17.0 Å². The predicted octanol–water partition coefficient (Wildman–Crippen LogP) is 2.19. The molecule has 1 fully saturated rings. The number of hydrogen-bond acceptors (Lipinski definition) is 1. The van der Waals surface area contributed by atoms with Gasteiger partial charge in [0.2, 0.25) is 0 Å². The Morgan fingerprint density at radius 3 is 3.21 bits per heavy atom. The van der Waals surface area contributed by atoms with Gasteiger partial charge in [0, 0.05) is 25.0 Å². The molecule has 0 saturated carbocycles. The Morgan fingerprint density at radius 2 is 2.50 bits per heavy atom. The minimum absolute atomic E-state index is 0.729. The highest BCUT2D eigenvalue weighted by molar-refractivity contribution is 5.12. The maximum atomic E-state index is 3.54. The van der Waals surface area contributed by atoms with Crippen LogP contribution in [0.3, 0.4) is 0 Å². The molecular weight excluding hydrogens is 172 g/mol. The summed E-state index contributed by atoms with van der Waals surface area (Å²) >= 11 is 0. The Kier molecular flexibility index (Phi) is 3.25. The van der Waals surface area contributed by atoms with Crippen LogP contribution in [-0.2, 0) is 13.0 Å². The maximum absolute atomic E-state index is 3.54. The van der Waals surface area contributed by atoms with Crippen LogP contribution >= 0.6 is 0 Å². The molecule has 1 saturated heterocycles. The molecule has 78 valence electrons. The summed E-state index contributed by atoms with van der Waals surface area (Å²) in [7, 11) is 0. The van der Waals surface area contributed by atoms with Gasteiger partial charge in [-0.1, -0.05) is 6.92 Å². The summed E-state index contributed by atoms with van der Waals surface area (Å²) in [6.45, 7) is 4.58. The Labute approximate surface area is 86.3 Å². The van der Waals surface area contributed by atoms with Crippen molar-refractivity contribution in [1.29, 1.82) is 0 Å². The van der Waals surface area contributed by atoms with Gasteiger partial charge >= 0.3 is 0 Å². The van der Waals surface area contributed by atoms with E-state index in [1.54, 1.807) is 0 Å². The number of rotatable bonds is 4. The molecule has 1 N–H and O–H groups in total. The zero-order chi connectivity index (χ0) is 9.80. The average Bonchev–Trinajstić information content (AvgIpc) is 2.79. The number of nitrogens with zero attached hydrogens (tertiary/aromatic N) is 1. The fourth-order valence-electron chi connectivity index (χ4n) is 2.22. The molecule has 1 aliphatic rings. The van der Waals surface area contributed by atoms with Gasteiger partial charge in [-0.15, -0.1) is 0 Å². The summed E-state index contributed by atoms with van der Waals surface area (Å²) in [6, 6.07) is 2.99. The van der Waals surface area contributed by atoms with Gasteiger partial charge in [-0.3, -0.25) is 0 Å². The van der Waals surface area contributed by atoms with Crippen molar-refractivity contribution in [3.05, 3.63) is 24.0 Å². The second-order valence-corrected chi connectivity index (χ2v) is 4.25. The highest BCUT2D eigenvalue weighted by Crippen LogP contribution is 2.12. The van der Waals surface area contributed by atoms with Gasteiger partial charge in [0.1, 0.15) is 0 Å². The van der Waals surface area contributed by atoms with Gasteiger partial charge in [0.05, 0.1) is 0 Å². The normalized spacial score (nSPS) is 21.6. The Hall–Kier alpha value is -0.760. The van der Waals surface area contributed by atoms with Gasteiger partial charge in [0.25, 0.3) is 0 Å². The zero-order valence-corrected chi connectivity index (χ0v) is 9.00. The average molecular weight is 192 g/mol. The Bertz CT molecular complexity index is 272. The van der Waals surface area contributed by atoms with Gasteiger partial charge in [-0.2, -0.15) is 0 Å². The third-order valence-corrected chi connectivity index (χ3v) is 2.94. The van der Waals surface area contributed by atoms with Gasteiger partial charge in [-0.05, 0) is 43.9 Å². The largest absolute Gasteiger partial charge is 0.354 e. The van der Waals surface area contributed by atoms with Crippen LogP contribution < -0.4 is 5.32 Å². The van der Waals surface area contributed by atoms with Crippen LogP contribution in [0, 0.1) is 0 Å². The van der Waals surface area contributed by atoms with E-state index >= 15 is 0 Å². The molecule has 14 heavy (non-hydrogen) atoms. The Morgan fingerprint density at radius 1 is 1.57 bits per heavy atom. The molecule has 1 aliphatic heterocycles. The summed E-state index contributed by atoms with van der Waals surface area (Å²) < 4.78 is 2.30. The lowest BCUT2D eigenvalue weighted by atomic mass is 10.1. The molecular formula is C12H20N2. The van der Waals surface area contributed by atoms with Crippen molar-refractivity contribution in [2.24, 2.45) is 0 Å². The van der Waals surface area contributed by atoms with Crippen LogP contribution in [0.25, 0.3) is 0 Å². The fraction of sp³-hybridized carbons (Fsp3) is 0.667. The molecule has 0 spiro atoms. The molecule has 1 atom stereocenters. The lowest BCUT2D eigenvalue weighted by molar-refractivity contribution is 0.600. The van der Waals surface area contributed by atoms with E-state index in [2.05, 4.69) is 35.3 Å². The second-order valence-electron chi connectivity index (χ2n) is 4.25. The van der Waals surface area contributed by atoms with Crippen molar-refractivity contribution in [2.45, 2.75) is 45.2 Å². The lowest BCUT2D eigenvalue weighted by Gasteiger charge is -2.07. The smallest absolute Gasteiger partial charge is 0.0217 e. The number of hydrogen-bond donors (Lipinski definition) is 1. The van der Waals surface area contributed by atoms with Crippen molar-refractivity contribution in [2.75, 3.05) is 6.54 Å². The van der Waals surface area contributed by atoms with E-state index in [1.807, 2.05) is 0 Å². The molecule has 2 heteroatoms. The minimum atomic E-state index is 0.729. The standard InChI is InChI=1S/C12H20N2/c1-2-7-14-8-5-11(10-14)9-12-4-3-6-13-12/h5,8,10,12-13H,2-4,6-7,9H2,1H3. The molecule has 0 radical (unpaired) electrons. The first-order chi connectivity index (χ1) is 6.88. The highest BCUT2D eigenvalue weighted by Gasteiger charge is 2.14. The zero-order valence-electron chi connectivity index (χ0n) is 9.00. The molecule has 2 rings (SSSR count). The van der Waals surface area contributed by atoms with Gasteiger partial charge in [0.15, 0.2) is 0 Å². The molecule has 0 amide bonds. The summed E-state index contributed by atoms with van der Waals surface area (Å²) in [5.74, 6) is 0. The van der Waals surface area contributed by atoms with E-state index in [-0.39, 0.29) is 0 Å². The molecule has 1 unspecified atom stereocenters. The minimum Gasteiger partial charge on any atom is -0.354 e. The summed E-state index contributed by atoms with van der Waals surface area (Å²) in [5.41, 5.74) is 1.48. The molecule has 1 aromatic heterocycles. The molecule has 0 aromatic carbocycles. The van der Waals surface area contributed by atoms with Crippen molar-refractivity contribution in [3.8, 4) is 0 Å². The van der Waals surface area contributed by atoms with E-state index in [0.717, 1.165) is 12.6 Å².